The highest BCUT2D eigenvalue weighted by Crippen LogP contribution is 2.31. The minimum absolute atomic E-state index is 0.0373. The van der Waals surface area contributed by atoms with Crippen LogP contribution >= 0.6 is 0 Å². The average Bonchev–Trinajstić information content (AvgIpc) is 2.60. The number of phenolic OH excluding ortho intramolecular Hbond substituents is 1. The first-order valence-electron chi connectivity index (χ1n) is 7.45. The highest BCUT2D eigenvalue weighted by atomic mass is 32.2. The molecule has 3 rings (SSSR count). The Bertz CT molecular complexity index is 1190. The van der Waals surface area contributed by atoms with Gasteiger partial charge < -0.3 is 10.4 Å². The van der Waals surface area contributed by atoms with Crippen molar-refractivity contribution in [2.45, 2.75) is 4.90 Å². The van der Waals surface area contributed by atoms with Crippen molar-refractivity contribution >= 4 is 38.2 Å². The number of anilines is 1. The zero-order chi connectivity index (χ0) is 19.8. The summed E-state index contributed by atoms with van der Waals surface area (Å²) in [6.07, 6.45) is 0. The molecule has 0 heterocycles. The highest BCUT2D eigenvalue weighted by Gasteiger charge is 2.15. The van der Waals surface area contributed by atoms with E-state index in [1.165, 1.54) is 36.4 Å². The molecule has 0 atom stereocenters. The van der Waals surface area contributed by atoms with Gasteiger partial charge in [-0.2, -0.15) is 8.42 Å². The first-order chi connectivity index (χ1) is 12.6. The normalized spacial score (nSPS) is 11.3. The zero-order valence-corrected chi connectivity index (χ0v) is 14.3. The van der Waals surface area contributed by atoms with Crippen molar-refractivity contribution < 1.29 is 27.8 Å². The number of fused-ring (bicyclic) bond motifs is 1. The molecular weight excluding hydrogens is 376 g/mol. The predicted molar refractivity (Wildman–Crippen MR) is 96.5 cm³/mol. The van der Waals surface area contributed by atoms with E-state index in [1.54, 1.807) is 0 Å². The molecule has 0 aromatic heterocycles. The molecule has 27 heavy (non-hydrogen) atoms. The van der Waals surface area contributed by atoms with Gasteiger partial charge >= 0.3 is 0 Å². The molecule has 9 nitrogen and oxygen atoms in total. The Morgan fingerprint density at radius 1 is 1.07 bits per heavy atom. The van der Waals surface area contributed by atoms with Crippen LogP contribution in [-0.4, -0.2) is 28.9 Å². The number of nitrogens with one attached hydrogen (secondary N) is 1. The van der Waals surface area contributed by atoms with E-state index < -0.39 is 20.9 Å². The lowest BCUT2D eigenvalue weighted by atomic mass is 10.1. The Kier molecular flexibility index (Phi) is 4.52. The molecule has 0 saturated carbocycles. The number of nitrogens with zero attached hydrogens (tertiary/aromatic N) is 1. The van der Waals surface area contributed by atoms with Crippen LogP contribution in [0.2, 0.25) is 0 Å². The Morgan fingerprint density at radius 2 is 1.81 bits per heavy atom. The van der Waals surface area contributed by atoms with Gasteiger partial charge in [-0.05, 0) is 29.7 Å². The Hall–Kier alpha value is -3.50. The molecule has 3 N–H and O–H groups in total. The second kappa shape index (κ2) is 6.67. The van der Waals surface area contributed by atoms with Gasteiger partial charge in [-0.25, -0.2) is 0 Å². The molecule has 0 unspecified atom stereocenters. The summed E-state index contributed by atoms with van der Waals surface area (Å²) in [6.45, 7) is 0. The molecule has 0 aliphatic rings. The number of nitro benzene ring substituents is 1. The van der Waals surface area contributed by atoms with E-state index in [9.17, 15) is 28.4 Å². The van der Waals surface area contributed by atoms with E-state index in [4.69, 9.17) is 4.55 Å². The van der Waals surface area contributed by atoms with Crippen molar-refractivity contribution in [3.63, 3.8) is 0 Å². The van der Waals surface area contributed by atoms with Crippen LogP contribution in [0.15, 0.2) is 59.5 Å². The highest BCUT2D eigenvalue weighted by molar-refractivity contribution is 7.85. The molecule has 3 aromatic carbocycles. The summed E-state index contributed by atoms with van der Waals surface area (Å²) in [4.78, 5) is 22.3. The number of non-ortho nitro benzene ring substituents is 1. The first kappa shape index (κ1) is 18.3. The number of phenols is 1. The second-order valence-corrected chi connectivity index (χ2v) is 7.03. The number of carbonyl (C=O) groups excluding carboxylic acids is 1. The van der Waals surface area contributed by atoms with Gasteiger partial charge in [-0.15, -0.1) is 0 Å². The van der Waals surface area contributed by atoms with E-state index in [0.29, 0.717) is 5.39 Å². The molecule has 10 heteroatoms. The van der Waals surface area contributed by atoms with E-state index >= 15 is 0 Å². The molecule has 3 aromatic rings. The fourth-order valence-corrected chi connectivity index (χ4v) is 3.07. The van der Waals surface area contributed by atoms with E-state index in [1.807, 2.05) is 0 Å². The lowest BCUT2D eigenvalue weighted by Gasteiger charge is -2.11. The Balaban J connectivity index is 2.03. The quantitative estimate of drug-likeness (QED) is 0.354. The molecule has 0 saturated heterocycles. The molecule has 138 valence electrons. The van der Waals surface area contributed by atoms with Crippen molar-refractivity contribution in [2.75, 3.05) is 5.32 Å². The number of nitro groups is 1. The summed E-state index contributed by atoms with van der Waals surface area (Å²) >= 11 is 0. The Labute approximate surface area is 152 Å². The summed E-state index contributed by atoms with van der Waals surface area (Å²) in [7, 11) is -4.43. The molecule has 0 aliphatic carbocycles. The predicted octanol–water partition coefficient (Wildman–Crippen LogP) is 2.95. The summed E-state index contributed by atoms with van der Waals surface area (Å²) < 4.78 is 31.7. The summed E-state index contributed by atoms with van der Waals surface area (Å²) in [6, 6.07) is 11.3. The van der Waals surface area contributed by atoms with Crippen LogP contribution in [0.25, 0.3) is 10.8 Å². The third-order valence-corrected chi connectivity index (χ3v) is 4.62. The third-order valence-electron chi connectivity index (χ3n) is 3.77. The molecule has 0 fully saturated rings. The molecule has 0 bridgehead atoms. The zero-order valence-electron chi connectivity index (χ0n) is 13.5. The van der Waals surface area contributed by atoms with Crippen LogP contribution in [0, 0.1) is 10.1 Å². The summed E-state index contributed by atoms with van der Waals surface area (Å²) in [5.74, 6) is -0.895. The minimum atomic E-state index is -4.43. The van der Waals surface area contributed by atoms with Crippen molar-refractivity contribution in [3.05, 3.63) is 70.3 Å². The lowest BCUT2D eigenvalue weighted by molar-refractivity contribution is -0.384. The van der Waals surface area contributed by atoms with Gasteiger partial charge in [0, 0.05) is 29.1 Å². The Morgan fingerprint density at radius 3 is 2.48 bits per heavy atom. The van der Waals surface area contributed by atoms with E-state index in [-0.39, 0.29) is 33.0 Å². The number of aromatic hydroxyl groups is 1. The topological polar surface area (TPSA) is 147 Å². The number of benzene rings is 3. The van der Waals surface area contributed by atoms with Crippen molar-refractivity contribution in [1.29, 1.82) is 0 Å². The fraction of sp³-hybridized carbons (Fsp3) is 0. The minimum Gasteiger partial charge on any atom is -0.508 e. The van der Waals surface area contributed by atoms with Gasteiger partial charge in [0.25, 0.3) is 21.7 Å². The lowest BCUT2D eigenvalue weighted by Crippen LogP contribution is -2.12. The molecule has 0 radical (unpaired) electrons. The second-order valence-electron chi connectivity index (χ2n) is 5.61. The maximum absolute atomic E-state index is 12.4. The fourth-order valence-electron chi connectivity index (χ4n) is 2.55. The molecule has 0 spiro atoms. The van der Waals surface area contributed by atoms with Crippen LogP contribution in [0.1, 0.15) is 10.4 Å². The van der Waals surface area contributed by atoms with Gasteiger partial charge in [-0.1, -0.05) is 12.1 Å². The SMILES string of the molecule is O=C(Nc1cc(O)cc2cc(S(=O)(=O)O)ccc12)c1cccc([N+](=O)[O-])c1. The number of carbonyl (C=O) groups is 1. The maximum atomic E-state index is 12.4. The average molecular weight is 388 g/mol. The van der Waals surface area contributed by atoms with Crippen molar-refractivity contribution in [1.82, 2.24) is 0 Å². The van der Waals surface area contributed by atoms with Gasteiger partial charge in [-0.3, -0.25) is 19.5 Å². The van der Waals surface area contributed by atoms with Gasteiger partial charge in [0.15, 0.2) is 0 Å². The van der Waals surface area contributed by atoms with Crippen LogP contribution in [-0.2, 0) is 10.1 Å². The molecule has 0 aliphatic heterocycles. The largest absolute Gasteiger partial charge is 0.508 e. The monoisotopic (exact) mass is 388 g/mol. The van der Waals surface area contributed by atoms with Crippen molar-refractivity contribution in [3.8, 4) is 5.75 Å². The summed E-state index contributed by atoms with van der Waals surface area (Å²) in [5, 5.41) is 23.9. The smallest absolute Gasteiger partial charge is 0.294 e. The molecular formula is C17H12N2O7S. The van der Waals surface area contributed by atoms with Crippen LogP contribution in [0.3, 0.4) is 0 Å². The van der Waals surface area contributed by atoms with Gasteiger partial charge in [0.1, 0.15) is 5.75 Å². The maximum Gasteiger partial charge on any atom is 0.294 e. The standard InChI is InChI=1S/C17H12N2O7S/c20-13-7-11-8-14(27(24,25)26)4-5-15(11)16(9-13)18-17(21)10-2-1-3-12(6-10)19(22)23/h1-9,20H,(H,18,21)(H,24,25,26). The number of rotatable bonds is 4. The van der Waals surface area contributed by atoms with Crippen LogP contribution < -0.4 is 5.32 Å². The first-order valence-corrected chi connectivity index (χ1v) is 8.89. The number of hydrogen-bond acceptors (Lipinski definition) is 6. The van der Waals surface area contributed by atoms with Crippen LogP contribution in [0.5, 0.6) is 5.75 Å². The van der Waals surface area contributed by atoms with E-state index in [0.717, 1.165) is 18.2 Å². The van der Waals surface area contributed by atoms with Crippen LogP contribution in [0.4, 0.5) is 11.4 Å². The summed E-state index contributed by atoms with van der Waals surface area (Å²) in [5.41, 5.74) is -0.0418. The van der Waals surface area contributed by atoms with Gasteiger partial charge in [0.2, 0.25) is 0 Å². The van der Waals surface area contributed by atoms with E-state index in [2.05, 4.69) is 5.32 Å². The van der Waals surface area contributed by atoms with Crippen molar-refractivity contribution in [2.24, 2.45) is 0 Å². The number of amides is 1. The van der Waals surface area contributed by atoms with Gasteiger partial charge in [0.05, 0.1) is 15.5 Å². The number of hydrogen-bond donors (Lipinski definition) is 3. The molecule has 1 amide bonds. The third kappa shape index (κ3) is 3.86.